The molecule has 0 N–H and O–H groups in total. The summed E-state index contributed by atoms with van der Waals surface area (Å²) in [6.07, 6.45) is 11.5. The first-order valence-corrected chi connectivity index (χ1v) is 8.71. The van der Waals surface area contributed by atoms with E-state index in [2.05, 4.69) is 45.5 Å². The first-order chi connectivity index (χ1) is 12.2. The van der Waals surface area contributed by atoms with Gasteiger partial charge in [-0.25, -0.2) is 0 Å². The molecule has 0 radical (unpaired) electrons. The average Bonchev–Trinajstić information content (AvgIpc) is 3.24. The van der Waals surface area contributed by atoms with E-state index in [1.807, 2.05) is 60.6 Å². The lowest BCUT2D eigenvalue weighted by molar-refractivity contribution is 0.766. The average molecular weight is 347 g/mol. The Bertz CT molecular complexity index is 1020. The van der Waals surface area contributed by atoms with Gasteiger partial charge in [0.15, 0.2) is 0 Å². The number of hydrogen-bond acceptors (Lipinski definition) is 4. The summed E-state index contributed by atoms with van der Waals surface area (Å²) in [5.41, 5.74) is 4.47. The molecule has 4 rings (SSSR count). The highest BCUT2D eigenvalue weighted by atomic mass is 32.2. The van der Waals surface area contributed by atoms with E-state index in [1.165, 1.54) is 10.5 Å². The molecular formula is C19H17N5S. The summed E-state index contributed by atoms with van der Waals surface area (Å²) in [7, 11) is 3.85. The van der Waals surface area contributed by atoms with Crippen LogP contribution in [0.25, 0.3) is 22.3 Å². The third-order valence-electron chi connectivity index (χ3n) is 3.92. The lowest BCUT2D eigenvalue weighted by Crippen LogP contribution is -1.88. The van der Waals surface area contributed by atoms with Gasteiger partial charge >= 0.3 is 0 Å². The van der Waals surface area contributed by atoms with Crippen LogP contribution in [0.15, 0.2) is 77.3 Å². The molecule has 0 unspecified atom stereocenters. The third-order valence-corrected chi connectivity index (χ3v) is 4.95. The van der Waals surface area contributed by atoms with Crippen LogP contribution < -0.4 is 0 Å². The molecule has 3 heterocycles. The van der Waals surface area contributed by atoms with E-state index in [1.54, 1.807) is 11.8 Å². The summed E-state index contributed by atoms with van der Waals surface area (Å²) in [4.78, 5) is 6.62. The molecule has 0 saturated heterocycles. The molecule has 0 fully saturated rings. The van der Waals surface area contributed by atoms with Crippen LogP contribution in [0.5, 0.6) is 0 Å². The molecule has 124 valence electrons. The predicted octanol–water partition coefficient (Wildman–Crippen LogP) is 4.03. The van der Waals surface area contributed by atoms with Crippen molar-refractivity contribution >= 4 is 11.8 Å². The second-order valence-corrected chi connectivity index (χ2v) is 6.89. The number of rotatable bonds is 4. The molecule has 1 aromatic carbocycles. The minimum atomic E-state index is 1.06. The fourth-order valence-corrected chi connectivity index (χ4v) is 3.77. The van der Waals surface area contributed by atoms with E-state index in [4.69, 9.17) is 0 Å². The maximum Gasteiger partial charge on any atom is 0.0629 e. The van der Waals surface area contributed by atoms with Crippen LogP contribution >= 0.6 is 11.8 Å². The van der Waals surface area contributed by atoms with Crippen molar-refractivity contribution in [2.24, 2.45) is 14.1 Å². The van der Waals surface area contributed by atoms with E-state index in [-0.39, 0.29) is 0 Å². The van der Waals surface area contributed by atoms with Crippen LogP contribution in [-0.2, 0) is 14.1 Å². The molecule has 6 heteroatoms. The smallest absolute Gasteiger partial charge is 0.0629 e. The highest BCUT2D eigenvalue weighted by molar-refractivity contribution is 7.99. The molecule has 0 aliphatic rings. The van der Waals surface area contributed by atoms with Crippen molar-refractivity contribution < 1.29 is 0 Å². The molecule has 0 bridgehead atoms. The summed E-state index contributed by atoms with van der Waals surface area (Å²) in [6, 6.07) is 10.5. The fraction of sp³-hybridized carbons (Fsp3) is 0.105. The number of nitrogens with zero attached hydrogens (tertiary/aromatic N) is 5. The minimum absolute atomic E-state index is 1.06. The van der Waals surface area contributed by atoms with Crippen LogP contribution in [0.1, 0.15) is 0 Å². The molecule has 0 amide bonds. The van der Waals surface area contributed by atoms with E-state index in [0.29, 0.717) is 0 Å². The van der Waals surface area contributed by atoms with Gasteiger partial charge in [-0.1, -0.05) is 30.0 Å². The van der Waals surface area contributed by atoms with Gasteiger partial charge in [-0.15, -0.1) is 0 Å². The predicted molar refractivity (Wildman–Crippen MR) is 99.2 cm³/mol. The van der Waals surface area contributed by atoms with Gasteiger partial charge in [0.25, 0.3) is 0 Å². The van der Waals surface area contributed by atoms with E-state index in [0.717, 1.165) is 21.6 Å². The van der Waals surface area contributed by atoms with Crippen LogP contribution in [0, 0.1) is 0 Å². The van der Waals surface area contributed by atoms with E-state index < -0.39 is 0 Å². The quantitative estimate of drug-likeness (QED) is 0.559. The molecular weight excluding hydrogens is 330 g/mol. The summed E-state index contributed by atoms with van der Waals surface area (Å²) in [6.45, 7) is 0. The number of pyridine rings is 1. The molecule has 3 aromatic heterocycles. The van der Waals surface area contributed by atoms with Crippen LogP contribution in [0.3, 0.4) is 0 Å². The second-order valence-electron chi connectivity index (χ2n) is 5.77. The maximum atomic E-state index is 4.32. The molecule has 4 aromatic rings. The van der Waals surface area contributed by atoms with Crippen molar-refractivity contribution in [1.29, 1.82) is 0 Å². The van der Waals surface area contributed by atoms with Gasteiger partial charge in [0.1, 0.15) is 0 Å². The van der Waals surface area contributed by atoms with Gasteiger partial charge < -0.3 is 0 Å². The van der Waals surface area contributed by atoms with Gasteiger partial charge in [0, 0.05) is 54.9 Å². The lowest BCUT2D eigenvalue weighted by atomic mass is 9.98. The van der Waals surface area contributed by atoms with Crippen molar-refractivity contribution in [2.75, 3.05) is 0 Å². The van der Waals surface area contributed by atoms with Gasteiger partial charge in [0.2, 0.25) is 0 Å². The van der Waals surface area contributed by atoms with E-state index >= 15 is 0 Å². The van der Waals surface area contributed by atoms with Gasteiger partial charge in [0.05, 0.1) is 17.3 Å². The maximum absolute atomic E-state index is 4.32. The van der Waals surface area contributed by atoms with Crippen molar-refractivity contribution in [3.05, 3.63) is 67.5 Å². The van der Waals surface area contributed by atoms with E-state index in [9.17, 15) is 0 Å². The summed E-state index contributed by atoms with van der Waals surface area (Å²) < 4.78 is 3.63. The second kappa shape index (κ2) is 6.57. The van der Waals surface area contributed by atoms with Gasteiger partial charge in [-0.3, -0.25) is 14.3 Å². The van der Waals surface area contributed by atoms with Crippen molar-refractivity contribution in [2.45, 2.75) is 9.79 Å². The molecule has 0 aliphatic heterocycles. The monoisotopic (exact) mass is 347 g/mol. The van der Waals surface area contributed by atoms with Crippen LogP contribution in [-0.4, -0.2) is 24.5 Å². The third kappa shape index (κ3) is 3.21. The SMILES string of the molecule is Cn1cc(Sc2ccccc2-c2ccncc2-c2cnn(C)c2)cn1. The molecule has 0 atom stereocenters. The van der Waals surface area contributed by atoms with Crippen molar-refractivity contribution in [3.63, 3.8) is 0 Å². The molecule has 25 heavy (non-hydrogen) atoms. The Morgan fingerprint density at radius 1 is 0.800 bits per heavy atom. The Labute approximate surface area is 150 Å². The van der Waals surface area contributed by atoms with Crippen LogP contribution in [0.2, 0.25) is 0 Å². The largest absolute Gasteiger partial charge is 0.275 e. The number of hydrogen-bond donors (Lipinski definition) is 0. The first kappa shape index (κ1) is 15.7. The topological polar surface area (TPSA) is 48.5 Å². The van der Waals surface area contributed by atoms with Crippen molar-refractivity contribution in [1.82, 2.24) is 24.5 Å². The number of aryl methyl sites for hydroxylation is 2. The van der Waals surface area contributed by atoms with Gasteiger partial charge in [-0.2, -0.15) is 10.2 Å². The standard InChI is InChI=1S/C19H17N5S/c1-23-12-14(9-21-23)18-11-20-8-7-16(18)17-5-3-4-6-19(17)25-15-10-22-24(2)13-15/h3-13H,1-2H3. The molecule has 5 nitrogen and oxygen atoms in total. The summed E-state index contributed by atoms with van der Waals surface area (Å²) in [5.74, 6) is 0. The highest BCUT2D eigenvalue weighted by Gasteiger charge is 2.13. The minimum Gasteiger partial charge on any atom is -0.275 e. The zero-order valence-electron chi connectivity index (χ0n) is 14.0. The first-order valence-electron chi connectivity index (χ1n) is 7.89. The fourth-order valence-electron chi connectivity index (χ4n) is 2.78. The van der Waals surface area contributed by atoms with Gasteiger partial charge in [-0.05, 0) is 23.3 Å². The van der Waals surface area contributed by atoms with Crippen molar-refractivity contribution in [3.8, 4) is 22.3 Å². The lowest BCUT2D eigenvalue weighted by Gasteiger charge is -2.12. The number of aromatic nitrogens is 5. The Morgan fingerprint density at radius 3 is 2.36 bits per heavy atom. The molecule has 0 saturated carbocycles. The normalized spacial score (nSPS) is 11.0. The number of benzene rings is 1. The zero-order chi connectivity index (χ0) is 17.2. The highest BCUT2D eigenvalue weighted by Crippen LogP contribution is 2.39. The summed E-state index contributed by atoms with van der Waals surface area (Å²) >= 11 is 1.71. The van der Waals surface area contributed by atoms with Crippen LogP contribution in [0.4, 0.5) is 0 Å². The Morgan fingerprint density at radius 2 is 1.60 bits per heavy atom. The Hall–Kier alpha value is -2.86. The summed E-state index contributed by atoms with van der Waals surface area (Å²) in [5, 5.41) is 8.55. The zero-order valence-corrected chi connectivity index (χ0v) is 14.8. The Balaban J connectivity index is 1.81. The molecule has 0 aliphatic carbocycles. The Kier molecular flexibility index (Phi) is 4.11. The molecule has 0 spiro atoms.